The average molecular weight is 258 g/mol. The molecule has 1 aromatic heterocycles. The van der Waals surface area contributed by atoms with E-state index in [4.69, 9.17) is 0 Å². The van der Waals surface area contributed by atoms with Crippen molar-refractivity contribution in [1.29, 1.82) is 0 Å². The molecule has 2 heteroatoms. The van der Waals surface area contributed by atoms with Crippen LogP contribution in [-0.4, -0.2) is 11.5 Å². The molecule has 1 rings (SSSR count). The minimum absolute atomic E-state index is 0.146. The Labute approximate surface area is 117 Å². The number of nitrogens with zero attached hydrogens (tertiary/aromatic N) is 2. The van der Waals surface area contributed by atoms with Gasteiger partial charge < -0.3 is 4.90 Å². The Hall–Kier alpha value is -1.57. The SMILES string of the molecule is C=Cc1cc(C(C)(C)CC)cnc1N(C=C)CCC. The van der Waals surface area contributed by atoms with Gasteiger partial charge in [0.15, 0.2) is 0 Å². The Morgan fingerprint density at radius 2 is 2.00 bits per heavy atom. The van der Waals surface area contributed by atoms with Gasteiger partial charge in [-0.05, 0) is 36.1 Å². The third kappa shape index (κ3) is 3.46. The predicted octanol–water partition coefficient (Wildman–Crippen LogP) is 4.77. The molecule has 0 atom stereocenters. The van der Waals surface area contributed by atoms with Crippen LogP contribution in [0.1, 0.15) is 51.7 Å². The van der Waals surface area contributed by atoms with Crippen molar-refractivity contribution < 1.29 is 0 Å². The van der Waals surface area contributed by atoms with Gasteiger partial charge in [-0.1, -0.05) is 46.9 Å². The van der Waals surface area contributed by atoms with E-state index in [0.717, 1.165) is 30.8 Å². The molecule has 0 amide bonds. The van der Waals surface area contributed by atoms with Gasteiger partial charge in [-0.3, -0.25) is 0 Å². The van der Waals surface area contributed by atoms with E-state index in [9.17, 15) is 0 Å². The third-order valence-corrected chi connectivity index (χ3v) is 3.74. The third-order valence-electron chi connectivity index (χ3n) is 3.74. The van der Waals surface area contributed by atoms with Crippen molar-refractivity contribution in [3.63, 3.8) is 0 Å². The normalized spacial score (nSPS) is 11.2. The van der Waals surface area contributed by atoms with Gasteiger partial charge in [0, 0.05) is 18.3 Å². The molecule has 0 unspecified atom stereocenters. The van der Waals surface area contributed by atoms with Crippen LogP contribution in [0.25, 0.3) is 6.08 Å². The van der Waals surface area contributed by atoms with Gasteiger partial charge in [0.2, 0.25) is 0 Å². The van der Waals surface area contributed by atoms with E-state index in [1.807, 2.05) is 18.5 Å². The summed E-state index contributed by atoms with van der Waals surface area (Å²) in [6.45, 7) is 17.6. The van der Waals surface area contributed by atoms with Gasteiger partial charge >= 0.3 is 0 Å². The minimum atomic E-state index is 0.146. The summed E-state index contributed by atoms with van der Waals surface area (Å²) in [4.78, 5) is 6.72. The Morgan fingerprint density at radius 3 is 2.47 bits per heavy atom. The van der Waals surface area contributed by atoms with E-state index >= 15 is 0 Å². The van der Waals surface area contributed by atoms with Crippen molar-refractivity contribution in [3.8, 4) is 0 Å². The van der Waals surface area contributed by atoms with Crippen LogP contribution in [-0.2, 0) is 5.41 Å². The molecule has 0 saturated carbocycles. The highest BCUT2D eigenvalue weighted by Crippen LogP contribution is 2.30. The average Bonchev–Trinajstić information content (AvgIpc) is 2.44. The summed E-state index contributed by atoms with van der Waals surface area (Å²) in [5.41, 5.74) is 2.48. The molecule has 1 heterocycles. The van der Waals surface area contributed by atoms with E-state index in [2.05, 4.69) is 56.8 Å². The molecule has 104 valence electrons. The van der Waals surface area contributed by atoms with Gasteiger partial charge in [0.05, 0.1) is 0 Å². The first-order valence-corrected chi connectivity index (χ1v) is 7.02. The topological polar surface area (TPSA) is 16.1 Å². The molecule has 0 aliphatic heterocycles. The van der Waals surface area contributed by atoms with Gasteiger partial charge in [-0.2, -0.15) is 0 Å². The summed E-state index contributed by atoms with van der Waals surface area (Å²) >= 11 is 0. The fourth-order valence-corrected chi connectivity index (χ4v) is 1.96. The van der Waals surface area contributed by atoms with Crippen LogP contribution in [0.4, 0.5) is 5.82 Å². The lowest BCUT2D eigenvalue weighted by atomic mass is 9.82. The van der Waals surface area contributed by atoms with Gasteiger partial charge in [-0.15, -0.1) is 0 Å². The molecule has 0 aromatic carbocycles. The van der Waals surface area contributed by atoms with E-state index in [1.54, 1.807) is 0 Å². The molecule has 0 aliphatic carbocycles. The first kappa shape index (κ1) is 15.5. The maximum atomic E-state index is 4.64. The molecular formula is C17H26N2. The second-order valence-electron chi connectivity index (χ2n) is 5.45. The van der Waals surface area contributed by atoms with Crippen molar-refractivity contribution in [2.75, 3.05) is 11.4 Å². The molecule has 0 bridgehead atoms. The lowest BCUT2D eigenvalue weighted by Crippen LogP contribution is -2.21. The molecular weight excluding hydrogens is 232 g/mol. The summed E-state index contributed by atoms with van der Waals surface area (Å²) < 4.78 is 0. The van der Waals surface area contributed by atoms with Gasteiger partial charge in [-0.25, -0.2) is 4.98 Å². The van der Waals surface area contributed by atoms with Crippen LogP contribution in [0, 0.1) is 0 Å². The molecule has 2 nitrogen and oxygen atoms in total. The molecule has 0 aliphatic rings. The van der Waals surface area contributed by atoms with Crippen LogP contribution < -0.4 is 4.90 Å². The van der Waals surface area contributed by atoms with Crippen LogP contribution >= 0.6 is 0 Å². The number of pyridine rings is 1. The summed E-state index contributed by atoms with van der Waals surface area (Å²) in [5, 5.41) is 0. The fraction of sp³-hybridized carbons (Fsp3) is 0.471. The Kier molecular flexibility index (Phi) is 5.34. The van der Waals surface area contributed by atoms with Crippen LogP contribution in [0.5, 0.6) is 0 Å². The number of aromatic nitrogens is 1. The lowest BCUT2D eigenvalue weighted by Gasteiger charge is -2.26. The molecule has 1 aromatic rings. The molecule has 19 heavy (non-hydrogen) atoms. The first-order valence-electron chi connectivity index (χ1n) is 7.02. The molecule has 0 saturated heterocycles. The van der Waals surface area contributed by atoms with E-state index in [1.165, 1.54) is 5.56 Å². The van der Waals surface area contributed by atoms with Crippen molar-refractivity contribution in [1.82, 2.24) is 4.98 Å². The molecule has 0 fully saturated rings. The second-order valence-corrected chi connectivity index (χ2v) is 5.45. The van der Waals surface area contributed by atoms with Gasteiger partial charge in [0.1, 0.15) is 5.82 Å². The zero-order valence-corrected chi connectivity index (χ0v) is 12.7. The summed E-state index contributed by atoms with van der Waals surface area (Å²) in [6.07, 6.45) is 7.85. The van der Waals surface area contributed by atoms with Gasteiger partial charge in [0.25, 0.3) is 0 Å². The number of anilines is 1. The maximum absolute atomic E-state index is 4.64. The fourth-order valence-electron chi connectivity index (χ4n) is 1.96. The zero-order valence-electron chi connectivity index (χ0n) is 12.7. The van der Waals surface area contributed by atoms with Crippen molar-refractivity contribution in [2.45, 2.75) is 46.0 Å². The highest BCUT2D eigenvalue weighted by molar-refractivity contribution is 5.65. The van der Waals surface area contributed by atoms with E-state index < -0.39 is 0 Å². The molecule has 0 radical (unpaired) electrons. The number of hydrogen-bond acceptors (Lipinski definition) is 2. The largest absolute Gasteiger partial charge is 0.333 e. The number of rotatable bonds is 7. The van der Waals surface area contributed by atoms with E-state index in [-0.39, 0.29) is 5.41 Å². The molecule has 0 spiro atoms. The first-order chi connectivity index (χ1) is 9.00. The Balaban J connectivity index is 3.23. The van der Waals surface area contributed by atoms with Crippen molar-refractivity contribution in [2.24, 2.45) is 0 Å². The molecule has 0 N–H and O–H groups in total. The standard InChI is InChI=1S/C17H26N2/c1-7-11-19(10-4)16-14(8-2)12-15(13-18-16)17(5,6)9-3/h8,10,12-13H,2,4,7,9,11H2,1,3,5-6H3. The number of hydrogen-bond donors (Lipinski definition) is 0. The lowest BCUT2D eigenvalue weighted by molar-refractivity contribution is 0.504. The van der Waals surface area contributed by atoms with Crippen molar-refractivity contribution in [3.05, 3.63) is 42.7 Å². The zero-order chi connectivity index (χ0) is 14.5. The Bertz CT molecular complexity index is 447. The monoisotopic (exact) mass is 258 g/mol. The van der Waals surface area contributed by atoms with E-state index in [0.29, 0.717) is 0 Å². The predicted molar refractivity (Wildman–Crippen MR) is 85.5 cm³/mol. The summed E-state index contributed by atoms with van der Waals surface area (Å²) in [5.74, 6) is 0.947. The van der Waals surface area contributed by atoms with Crippen molar-refractivity contribution >= 4 is 11.9 Å². The van der Waals surface area contributed by atoms with Crippen LogP contribution in [0.15, 0.2) is 31.6 Å². The highest BCUT2D eigenvalue weighted by atomic mass is 15.2. The minimum Gasteiger partial charge on any atom is -0.333 e. The Morgan fingerprint density at radius 1 is 1.32 bits per heavy atom. The van der Waals surface area contributed by atoms with Crippen LogP contribution in [0.2, 0.25) is 0 Å². The smallest absolute Gasteiger partial charge is 0.139 e. The van der Waals surface area contributed by atoms with Crippen LogP contribution in [0.3, 0.4) is 0 Å². The second kappa shape index (κ2) is 6.55. The maximum Gasteiger partial charge on any atom is 0.139 e. The quantitative estimate of drug-likeness (QED) is 0.700. The summed E-state index contributed by atoms with van der Waals surface area (Å²) in [7, 11) is 0. The summed E-state index contributed by atoms with van der Waals surface area (Å²) in [6, 6.07) is 2.20. The highest BCUT2D eigenvalue weighted by Gasteiger charge is 2.20.